The van der Waals surface area contributed by atoms with Crippen LogP contribution in [0.3, 0.4) is 0 Å². The molecule has 1 aromatic rings. The summed E-state index contributed by atoms with van der Waals surface area (Å²) >= 11 is 3.49. The van der Waals surface area contributed by atoms with Crippen LogP contribution < -0.4 is 15.4 Å². The molecule has 1 heterocycles. The Hall–Kier alpha value is -1.11. The number of hydrogen-bond acceptors (Lipinski definition) is 4. The van der Waals surface area contributed by atoms with E-state index in [0.717, 1.165) is 29.4 Å². The molecule has 2 rings (SSSR count). The average molecular weight is 357 g/mol. The van der Waals surface area contributed by atoms with Gasteiger partial charge < -0.3 is 20.1 Å². The van der Waals surface area contributed by atoms with Gasteiger partial charge in [0, 0.05) is 30.3 Å². The lowest BCUT2D eigenvalue weighted by Gasteiger charge is -2.23. The van der Waals surface area contributed by atoms with Crippen LogP contribution in [0.1, 0.15) is 18.4 Å². The molecule has 0 saturated carbocycles. The summed E-state index contributed by atoms with van der Waals surface area (Å²) in [6.45, 7) is 2.21. The van der Waals surface area contributed by atoms with E-state index in [2.05, 4.69) is 26.6 Å². The van der Waals surface area contributed by atoms with Crippen molar-refractivity contribution in [3.05, 3.63) is 28.2 Å². The summed E-state index contributed by atoms with van der Waals surface area (Å²) in [5.74, 6) is 0.616. The van der Waals surface area contributed by atoms with Gasteiger partial charge >= 0.3 is 0 Å². The Morgan fingerprint density at radius 1 is 1.43 bits per heavy atom. The number of carbonyl (C=O) groups excluding carboxylic acids is 1. The molecule has 0 spiro atoms. The fourth-order valence-corrected chi connectivity index (χ4v) is 2.61. The van der Waals surface area contributed by atoms with Crippen molar-refractivity contribution in [1.29, 1.82) is 0 Å². The minimum atomic E-state index is -0.0833. The molecule has 21 heavy (non-hydrogen) atoms. The Bertz CT molecular complexity index is 476. The fourth-order valence-electron chi connectivity index (χ4n) is 2.23. The second-order valence-corrected chi connectivity index (χ2v) is 5.88. The average Bonchev–Trinajstić information content (AvgIpc) is 2.49. The Morgan fingerprint density at radius 2 is 2.19 bits per heavy atom. The van der Waals surface area contributed by atoms with E-state index in [9.17, 15) is 4.79 Å². The van der Waals surface area contributed by atoms with Crippen LogP contribution in [-0.2, 0) is 16.1 Å². The summed E-state index contributed by atoms with van der Waals surface area (Å²) < 4.78 is 11.8. The Labute approximate surface area is 133 Å². The van der Waals surface area contributed by atoms with Crippen LogP contribution in [0.15, 0.2) is 22.7 Å². The lowest BCUT2D eigenvalue weighted by atomic mass is 10.1. The molecule has 5 nitrogen and oxygen atoms in total. The molecule has 2 N–H and O–H groups in total. The Kier molecular flexibility index (Phi) is 6.48. The normalized spacial score (nSPS) is 15.7. The summed E-state index contributed by atoms with van der Waals surface area (Å²) in [5.41, 5.74) is 1.10. The zero-order chi connectivity index (χ0) is 15.1. The molecule has 1 amide bonds. The van der Waals surface area contributed by atoms with E-state index >= 15 is 0 Å². The predicted molar refractivity (Wildman–Crippen MR) is 84.4 cm³/mol. The first kappa shape index (κ1) is 16.3. The maximum absolute atomic E-state index is 11.9. The first-order valence-corrected chi connectivity index (χ1v) is 7.91. The number of rotatable bonds is 6. The van der Waals surface area contributed by atoms with Crippen molar-refractivity contribution in [2.45, 2.75) is 25.4 Å². The molecule has 1 aliphatic heterocycles. The topological polar surface area (TPSA) is 59.6 Å². The number of amides is 1. The van der Waals surface area contributed by atoms with Crippen LogP contribution in [0, 0.1) is 0 Å². The van der Waals surface area contributed by atoms with Crippen molar-refractivity contribution in [1.82, 2.24) is 10.6 Å². The van der Waals surface area contributed by atoms with Gasteiger partial charge in [0.2, 0.25) is 0 Å². The fraction of sp³-hybridized carbons (Fsp3) is 0.533. The highest BCUT2D eigenvalue weighted by Crippen LogP contribution is 2.22. The Morgan fingerprint density at radius 3 is 2.90 bits per heavy atom. The summed E-state index contributed by atoms with van der Waals surface area (Å²) in [6.07, 6.45) is 1.74. The van der Waals surface area contributed by atoms with Gasteiger partial charge in [-0.2, -0.15) is 0 Å². The summed E-state index contributed by atoms with van der Waals surface area (Å²) in [4.78, 5) is 11.9. The third-order valence-corrected chi connectivity index (χ3v) is 4.11. The summed E-state index contributed by atoms with van der Waals surface area (Å²) in [6, 6.07) is 5.92. The second-order valence-electron chi connectivity index (χ2n) is 5.03. The van der Waals surface area contributed by atoms with Gasteiger partial charge in [-0.15, -0.1) is 0 Å². The Balaban J connectivity index is 1.81. The van der Waals surface area contributed by atoms with E-state index in [1.54, 1.807) is 0 Å². The molecule has 1 aliphatic rings. The largest absolute Gasteiger partial charge is 0.484 e. The van der Waals surface area contributed by atoms with Gasteiger partial charge in [0.15, 0.2) is 6.61 Å². The smallest absolute Gasteiger partial charge is 0.258 e. The van der Waals surface area contributed by atoms with Crippen LogP contribution in [-0.4, -0.2) is 38.8 Å². The van der Waals surface area contributed by atoms with E-state index in [4.69, 9.17) is 9.47 Å². The maximum Gasteiger partial charge on any atom is 0.258 e. The zero-order valence-electron chi connectivity index (χ0n) is 12.2. The molecule has 6 heteroatoms. The first-order valence-electron chi connectivity index (χ1n) is 7.12. The van der Waals surface area contributed by atoms with Crippen molar-refractivity contribution in [2.24, 2.45) is 0 Å². The highest BCUT2D eigenvalue weighted by molar-refractivity contribution is 9.10. The molecule has 116 valence electrons. The number of hydrogen-bond donors (Lipinski definition) is 2. The van der Waals surface area contributed by atoms with Crippen LogP contribution in [0.2, 0.25) is 0 Å². The zero-order valence-corrected chi connectivity index (χ0v) is 13.7. The SMILES string of the molecule is CNCc1cc(OCC(=O)NC2CCOCC2)ccc1Br. The number of carbonyl (C=O) groups is 1. The third kappa shape index (κ3) is 5.30. The van der Waals surface area contributed by atoms with Crippen molar-refractivity contribution in [2.75, 3.05) is 26.9 Å². The minimum absolute atomic E-state index is 0.0397. The van der Waals surface area contributed by atoms with Crippen molar-refractivity contribution in [3.8, 4) is 5.75 Å². The van der Waals surface area contributed by atoms with Crippen LogP contribution >= 0.6 is 15.9 Å². The first-order chi connectivity index (χ1) is 10.2. The van der Waals surface area contributed by atoms with Gasteiger partial charge in [-0.05, 0) is 43.7 Å². The van der Waals surface area contributed by atoms with Gasteiger partial charge in [-0.25, -0.2) is 0 Å². The van der Waals surface area contributed by atoms with Gasteiger partial charge in [-0.3, -0.25) is 4.79 Å². The molecule has 1 fully saturated rings. The van der Waals surface area contributed by atoms with Crippen molar-refractivity contribution < 1.29 is 14.3 Å². The van der Waals surface area contributed by atoms with Crippen molar-refractivity contribution >= 4 is 21.8 Å². The number of nitrogens with one attached hydrogen (secondary N) is 2. The maximum atomic E-state index is 11.9. The molecular formula is C15H21BrN2O3. The third-order valence-electron chi connectivity index (χ3n) is 3.34. The lowest BCUT2D eigenvalue weighted by Crippen LogP contribution is -2.41. The number of ether oxygens (including phenoxy) is 2. The molecule has 1 saturated heterocycles. The molecule has 1 aromatic carbocycles. The van der Waals surface area contributed by atoms with E-state index < -0.39 is 0 Å². The van der Waals surface area contributed by atoms with Crippen LogP contribution in [0.4, 0.5) is 0 Å². The summed E-state index contributed by atoms with van der Waals surface area (Å²) in [5, 5.41) is 6.07. The molecule has 0 bridgehead atoms. The molecule has 0 radical (unpaired) electrons. The van der Waals surface area contributed by atoms with Gasteiger partial charge in [0.05, 0.1) is 0 Å². The minimum Gasteiger partial charge on any atom is -0.484 e. The highest BCUT2D eigenvalue weighted by atomic mass is 79.9. The van der Waals surface area contributed by atoms with Gasteiger partial charge in [0.25, 0.3) is 5.91 Å². The highest BCUT2D eigenvalue weighted by Gasteiger charge is 2.16. The van der Waals surface area contributed by atoms with E-state index in [0.29, 0.717) is 19.0 Å². The van der Waals surface area contributed by atoms with Crippen LogP contribution in [0.25, 0.3) is 0 Å². The monoisotopic (exact) mass is 356 g/mol. The van der Waals surface area contributed by atoms with Gasteiger partial charge in [0.1, 0.15) is 5.75 Å². The molecular weight excluding hydrogens is 336 g/mol. The molecule has 0 aliphatic carbocycles. The molecule has 0 aromatic heterocycles. The standard InChI is InChI=1S/C15H21BrN2O3/c1-17-9-11-8-13(2-3-14(11)16)21-10-15(19)18-12-4-6-20-7-5-12/h2-3,8,12,17H,4-7,9-10H2,1H3,(H,18,19). The van der Waals surface area contributed by atoms with E-state index in [1.165, 1.54) is 0 Å². The lowest BCUT2D eigenvalue weighted by molar-refractivity contribution is -0.124. The molecule has 0 unspecified atom stereocenters. The predicted octanol–water partition coefficient (Wildman–Crippen LogP) is 1.84. The quantitative estimate of drug-likeness (QED) is 0.816. The number of benzene rings is 1. The van der Waals surface area contributed by atoms with E-state index in [-0.39, 0.29) is 18.6 Å². The number of halogens is 1. The van der Waals surface area contributed by atoms with Crippen LogP contribution in [0.5, 0.6) is 5.75 Å². The van der Waals surface area contributed by atoms with Crippen molar-refractivity contribution in [3.63, 3.8) is 0 Å². The summed E-state index contributed by atoms with van der Waals surface area (Å²) in [7, 11) is 1.89. The van der Waals surface area contributed by atoms with Gasteiger partial charge in [-0.1, -0.05) is 15.9 Å². The molecule has 0 atom stereocenters. The van der Waals surface area contributed by atoms with E-state index in [1.807, 2.05) is 25.2 Å². The second kappa shape index (κ2) is 8.36.